The van der Waals surface area contributed by atoms with E-state index in [-0.39, 0.29) is 42.0 Å². The van der Waals surface area contributed by atoms with E-state index in [0.717, 1.165) is 12.1 Å². The highest BCUT2D eigenvalue weighted by molar-refractivity contribution is 5.85. The van der Waals surface area contributed by atoms with Crippen LogP contribution in [0, 0.1) is 11.7 Å². The van der Waals surface area contributed by atoms with E-state index in [4.69, 9.17) is 0 Å². The summed E-state index contributed by atoms with van der Waals surface area (Å²) in [6, 6.07) is 6.28. The lowest BCUT2D eigenvalue weighted by Crippen LogP contribution is -2.50. The van der Waals surface area contributed by atoms with Gasteiger partial charge in [0.15, 0.2) is 0 Å². The topological polar surface area (TPSA) is 52.7 Å². The van der Waals surface area contributed by atoms with Gasteiger partial charge in [-0.05, 0) is 24.1 Å². The first-order valence-corrected chi connectivity index (χ1v) is 8.08. The molecule has 1 N–H and O–H groups in total. The average molecular weight is 356 g/mol. The number of amides is 2. The maximum Gasteiger partial charge on any atom is 0.228 e. The van der Waals surface area contributed by atoms with Crippen molar-refractivity contribution in [1.82, 2.24) is 15.1 Å². The van der Waals surface area contributed by atoms with Crippen molar-refractivity contribution in [3.8, 4) is 0 Å². The van der Waals surface area contributed by atoms with Crippen LogP contribution < -0.4 is 5.32 Å². The summed E-state index contributed by atoms with van der Waals surface area (Å²) in [7, 11) is 0. The maximum absolute atomic E-state index is 13.5. The van der Waals surface area contributed by atoms with Crippen LogP contribution in [0.25, 0.3) is 0 Å². The summed E-state index contributed by atoms with van der Waals surface area (Å²) in [5.74, 6) is -0.344. The van der Waals surface area contributed by atoms with Crippen molar-refractivity contribution in [2.45, 2.75) is 19.4 Å². The zero-order valence-corrected chi connectivity index (χ0v) is 14.5. The molecule has 0 aromatic heterocycles. The Kier molecular flexibility index (Phi) is 6.18. The number of likely N-dealkylation sites (tertiary alicyclic amines) is 1. The number of carbonyl (C=O) groups is 2. The van der Waals surface area contributed by atoms with Gasteiger partial charge in [0.25, 0.3) is 0 Å². The first kappa shape index (κ1) is 18.7. The molecule has 24 heavy (non-hydrogen) atoms. The number of nitrogens with zero attached hydrogens (tertiary/aromatic N) is 2. The molecule has 2 amide bonds. The van der Waals surface area contributed by atoms with Crippen molar-refractivity contribution in [3.63, 3.8) is 0 Å². The number of rotatable bonds is 2. The first-order valence-electron chi connectivity index (χ1n) is 8.08. The fraction of sp³-hybridized carbons (Fsp3) is 0.529. The van der Waals surface area contributed by atoms with Crippen LogP contribution in [0.15, 0.2) is 24.3 Å². The highest BCUT2D eigenvalue weighted by Gasteiger charge is 2.36. The zero-order valence-electron chi connectivity index (χ0n) is 13.7. The summed E-state index contributed by atoms with van der Waals surface area (Å²) in [6.07, 6.45) is 0.707. The highest BCUT2D eigenvalue weighted by atomic mass is 35.5. The van der Waals surface area contributed by atoms with Crippen molar-refractivity contribution in [2.24, 2.45) is 5.92 Å². The normalized spacial score (nSPS) is 23.8. The zero-order chi connectivity index (χ0) is 16.4. The Balaban J connectivity index is 0.00000208. The van der Waals surface area contributed by atoms with Gasteiger partial charge in [-0.15, -0.1) is 12.4 Å². The summed E-state index contributed by atoms with van der Waals surface area (Å²) >= 11 is 0. The Bertz CT molecular complexity index is 613. The Morgan fingerprint density at radius 1 is 1.29 bits per heavy atom. The van der Waals surface area contributed by atoms with Gasteiger partial charge in [0, 0.05) is 39.6 Å². The molecule has 2 aliphatic rings. The summed E-state index contributed by atoms with van der Waals surface area (Å²) in [6.45, 7) is 4.64. The Morgan fingerprint density at radius 2 is 2.08 bits per heavy atom. The van der Waals surface area contributed by atoms with Crippen LogP contribution in [-0.2, 0) is 9.59 Å². The van der Waals surface area contributed by atoms with Crippen molar-refractivity contribution in [2.75, 3.05) is 32.7 Å². The second-order valence-electron chi connectivity index (χ2n) is 6.26. The van der Waals surface area contributed by atoms with Crippen LogP contribution in [0.1, 0.15) is 24.9 Å². The van der Waals surface area contributed by atoms with Gasteiger partial charge in [0.1, 0.15) is 5.82 Å². The minimum Gasteiger partial charge on any atom is -0.342 e. The van der Waals surface area contributed by atoms with Crippen LogP contribution in [0.5, 0.6) is 0 Å². The molecule has 1 aromatic rings. The number of hydrogen-bond donors (Lipinski definition) is 1. The molecule has 0 bridgehead atoms. The largest absolute Gasteiger partial charge is 0.342 e. The van der Waals surface area contributed by atoms with Gasteiger partial charge < -0.3 is 15.1 Å². The minimum absolute atomic E-state index is 0. The van der Waals surface area contributed by atoms with Crippen LogP contribution in [0.3, 0.4) is 0 Å². The predicted molar refractivity (Wildman–Crippen MR) is 91.3 cm³/mol. The fourth-order valence-electron chi connectivity index (χ4n) is 3.46. The highest BCUT2D eigenvalue weighted by Crippen LogP contribution is 2.27. The molecular formula is C17H23ClFN3O2. The van der Waals surface area contributed by atoms with Gasteiger partial charge in [0.05, 0.1) is 12.0 Å². The summed E-state index contributed by atoms with van der Waals surface area (Å²) in [5, 5.41) is 3.27. The Labute approximate surface area is 147 Å². The molecule has 2 fully saturated rings. The third kappa shape index (κ3) is 3.87. The lowest BCUT2D eigenvalue weighted by atomic mass is 9.99. The molecule has 1 aromatic carbocycles. The summed E-state index contributed by atoms with van der Waals surface area (Å²) in [5.41, 5.74) is 0.812. The molecule has 2 unspecified atom stereocenters. The standard InChI is InChI=1S/C17H22FN3O2.ClH/c1-12(22)20-7-5-14(11-20)17(23)21-8-6-19-10-16(21)13-3-2-4-15(18)9-13;/h2-4,9,14,16,19H,5-8,10-11H2,1H3;1H. The summed E-state index contributed by atoms with van der Waals surface area (Å²) in [4.78, 5) is 27.9. The van der Waals surface area contributed by atoms with Crippen molar-refractivity contribution in [1.29, 1.82) is 0 Å². The molecule has 132 valence electrons. The fourth-order valence-corrected chi connectivity index (χ4v) is 3.46. The van der Waals surface area contributed by atoms with E-state index in [1.54, 1.807) is 11.0 Å². The van der Waals surface area contributed by atoms with Gasteiger partial charge in [-0.1, -0.05) is 12.1 Å². The minimum atomic E-state index is -0.288. The molecule has 0 spiro atoms. The van der Waals surface area contributed by atoms with Gasteiger partial charge in [-0.3, -0.25) is 9.59 Å². The first-order chi connectivity index (χ1) is 11.1. The second kappa shape index (κ2) is 7.94. The number of hydrogen-bond acceptors (Lipinski definition) is 3. The average Bonchev–Trinajstić information content (AvgIpc) is 3.04. The lowest BCUT2D eigenvalue weighted by molar-refractivity contribution is -0.138. The molecular weight excluding hydrogens is 333 g/mol. The van der Waals surface area contributed by atoms with E-state index in [0.29, 0.717) is 32.6 Å². The van der Waals surface area contributed by atoms with Crippen molar-refractivity contribution in [3.05, 3.63) is 35.6 Å². The molecule has 2 heterocycles. The number of piperazine rings is 1. The van der Waals surface area contributed by atoms with Crippen molar-refractivity contribution >= 4 is 24.2 Å². The molecule has 2 saturated heterocycles. The van der Waals surface area contributed by atoms with Gasteiger partial charge in [-0.2, -0.15) is 0 Å². The number of benzene rings is 1. The van der Waals surface area contributed by atoms with E-state index < -0.39 is 0 Å². The van der Waals surface area contributed by atoms with Crippen molar-refractivity contribution < 1.29 is 14.0 Å². The predicted octanol–water partition coefficient (Wildman–Crippen LogP) is 1.59. The van der Waals surface area contributed by atoms with Gasteiger partial charge in [-0.25, -0.2) is 4.39 Å². The van der Waals surface area contributed by atoms with E-state index in [9.17, 15) is 14.0 Å². The molecule has 2 atom stereocenters. The monoisotopic (exact) mass is 355 g/mol. The Morgan fingerprint density at radius 3 is 2.75 bits per heavy atom. The molecule has 5 nitrogen and oxygen atoms in total. The number of carbonyl (C=O) groups excluding carboxylic acids is 2. The smallest absolute Gasteiger partial charge is 0.228 e. The van der Waals surface area contributed by atoms with Crippen LogP contribution in [0.4, 0.5) is 4.39 Å². The van der Waals surface area contributed by atoms with Crippen LogP contribution in [-0.4, -0.2) is 54.3 Å². The third-order valence-corrected chi connectivity index (χ3v) is 4.74. The van der Waals surface area contributed by atoms with E-state index in [1.165, 1.54) is 19.1 Å². The third-order valence-electron chi connectivity index (χ3n) is 4.74. The number of halogens is 2. The van der Waals surface area contributed by atoms with Gasteiger partial charge >= 0.3 is 0 Å². The SMILES string of the molecule is CC(=O)N1CCC(C(=O)N2CCNCC2c2cccc(F)c2)C1.Cl. The molecule has 0 aliphatic carbocycles. The molecule has 2 aliphatic heterocycles. The van der Waals surface area contributed by atoms with E-state index >= 15 is 0 Å². The van der Waals surface area contributed by atoms with E-state index in [2.05, 4.69) is 5.32 Å². The van der Waals surface area contributed by atoms with Crippen LogP contribution in [0.2, 0.25) is 0 Å². The molecule has 7 heteroatoms. The van der Waals surface area contributed by atoms with Gasteiger partial charge in [0.2, 0.25) is 11.8 Å². The van der Waals surface area contributed by atoms with E-state index in [1.807, 2.05) is 11.0 Å². The lowest BCUT2D eigenvalue weighted by Gasteiger charge is -2.38. The maximum atomic E-state index is 13.5. The molecule has 0 saturated carbocycles. The van der Waals surface area contributed by atoms with Crippen LogP contribution >= 0.6 is 12.4 Å². The quantitative estimate of drug-likeness (QED) is 0.876. The molecule has 0 radical (unpaired) electrons. The number of nitrogens with one attached hydrogen (secondary N) is 1. The second-order valence-corrected chi connectivity index (χ2v) is 6.26. The Hall–Kier alpha value is -1.66. The molecule has 3 rings (SSSR count). The summed E-state index contributed by atoms with van der Waals surface area (Å²) < 4.78 is 13.5.